The summed E-state index contributed by atoms with van der Waals surface area (Å²) >= 11 is 0. The standard InChI is InChI=1S/C6H14N2O2/c1-6(2,4-7)5(9)8-10-3/h4,7H2,1-3H3,(H,8,9). The molecule has 4 heteroatoms. The quantitative estimate of drug-likeness (QED) is 0.535. The van der Waals surface area contributed by atoms with E-state index in [1.165, 1.54) is 7.11 Å². The predicted octanol–water partition coefficient (Wildman–Crippen LogP) is -0.351. The van der Waals surface area contributed by atoms with Crippen LogP contribution in [0.15, 0.2) is 0 Å². The van der Waals surface area contributed by atoms with Crippen molar-refractivity contribution >= 4 is 5.91 Å². The predicted molar refractivity (Wildman–Crippen MR) is 38.0 cm³/mol. The van der Waals surface area contributed by atoms with E-state index in [2.05, 4.69) is 10.3 Å². The van der Waals surface area contributed by atoms with Crippen LogP contribution in [0.2, 0.25) is 0 Å². The lowest BCUT2D eigenvalue weighted by Crippen LogP contribution is -2.41. The Morgan fingerprint density at radius 2 is 2.20 bits per heavy atom. The molecule has 4 nitrogen and oxygen atoms in total. The Kier molecular flexibility index (Phi) is 3.32. The van der Waals surface area contributed by atoms with Crippen LogP contribution in [0.1, 0.15) is 13.8 Å². The second-order valence-electron chi connectivity index (χ2n) is 2.72. The molecule has 0 aliphatic rings. The first-order valence-corrected chi connectivity index (χ1v) is 3.08. The van der Waals surface area contributed by atoms with E-state index in [1.807, 2.05) is 0 Å². The van der Waals surface area contributed by atoms with Gasteiger partial charge in [-0.3, -0.25) is 9.63 Å². The van der Waals surface area contributed by atoms with Gasteiger partial charge in [0.2, 0.25) is 5.91 Å². The molecule has 10 heavy (non-hydrogen) atoms. The number of hydroxylamine groups is 1. The van der Waals surface area contributed by atoms with Crippen LogP contribution in [0, 0.1) is 5.41 Å². The molecule has 0 saturated carbocycles. The highest BCUT2D eigenvalue weighted by molar-refractivity contribution is 5.80. The highest BCUT2D eigenvalue weighted by atomic mass is 16.6. The van der Waals surface area contributed by atoms with Crippen molar-refractivity contribution in [2.75, 3.05) is 13.7 Å². The van der Waals surface area contributed by atoms with Crippen molar-refractivity contribution in [1.29, 1.82) is 0 Å². The van der Waals surface area contributed by atoms with Crippen LogP contribution in [0.25, 0.3) is 0 Å². The average Bonchev–Trinajstić information content (AvgIpc) is 1.89. The fourth-order valence-corrected chi connectivity index (χ4v) is 0.324. The first-order valence-electron chi connectivity index (χ1n) is 3.08. The molecule has 0 radical (unpaired) electrons. The molecule has 0 fully saturated rings. The zero-order valence-corrected chi connectivity index (χ0v) is 6.60. The molecule has 0 aromatic rings. The van der Waals surface area contributed by atoms with Crippen LogP contribution >= 0.6 is 0 Å². The van der Waals surface area contributed by atoms with Gasteiger partial charge in [-0.25, -0.2) is 5.48 Å². The number of amides is 1. The topological polar surface area (TPSA) is 64.3 Å². The highest BCUT2D eigenvalue weighted by Crippen LogP contribution is 2.11. The first kappa shape index (κ1) is 9.39. The third kappa shape index (κ3) is 2.33. The lowest BCUT2D eigenvalue weighted by molar-refractivity contribution is -0.139. The van der Waals surface area contributed by atoms with Gasteiger partial charge in [0.25, 0.3) is 0 Å². The van der Waals surface area contributed by atoms with Crippen LogP contribution in [0.4, 0.5) is 0 Å². The molecule has 0 spiro atoms. The summed E-state index contributed by atoms with van der Waals surface area (Å²) in [4.78, 5) is 15.4. The van der Waals surface area contributed by atoms with Gasteiger partial charge in [-0.05, 0) is 13.8 Å². The maximum atomic E-state index is 11.0. The number of nitrogens with two attached hydrogens (primary N) is 1. The van der Waals surface area contributed by atoms with E-state index in [0.29, 0.717) is 6.54 Å². The van der Waals surface area contributed by atoms with Gasteiger partial charge in [-0.15, -0.1) is 0 Å². The molecule has 3 N–H and O–H groups in total. The second-order valence-corrected chi connectivity index (χ2v) is 2.72. The molecule has 0 aromatic heterocycles. The van der Waals surface area contributed by atoms with Crippen LogP contribution in [0.5, 0.6) is 0 Å². The van der Waals surface area contributed by atoms with E-state index in [0.717, 1.165) is 0 Å². The van der Waals surface area contributed by atoms with E-state index in [9.17, 15) is 4.79 Å². The summed E-state index contributed by atoms with van der Waals surface area (Å²) in [6, 6.07) is 0. The summed E-state index contributed by atoms with van der Waals surface area (Å²) in [5, 5.41) is 0. The number of rotatable bonds is 3. The smallest absolute Gasteiger partial charge is 0.250 e. The van der Waals surface area contributed by atoms with E-state index in [1.54, 1.807) is 13.8 Å². The molecule has 0 rings (SSSR count). The maximum Gasteiger partial charge on any atom is 0.250 e. The van der Waals surface area contributed by atoms with Crippen molar-refractivity contribution in [3.63, 3.8) is 0 Å². The molecule has 0 aromatic carbocycles. The van der Waals surface area contributed by atoms with E-state index in [4.69, 9.17) is 5.73 Å². The van der Waals surface area contributed by atoms with Crippen molar-refractivity contribution < 1.29 is 9.63 Å². The third-order valence-corrected chi connectivity index (χ3v) is 1.32. The summed E-state index contributed by atoms with van der Waals surface area (Å²) in [5.74, 6) is -0.197. The third-order valence-electron chi connectivity index (χ3n) is 1.32. The normalized spacial score (nSPS) is 11.2. The van der Waals surface area contributed by atoms with E-state index < -0.39 is 5.41 Å². The van der Waals surface area contributed by atoms with Gasteiger partial charge in [0.05, 0.1) is 12.5 Å². The van der Waals surface area contributed by atoms with Crippen LogP contribution in [-0.2, 0) is 9.63 Å². The van der Waals surface area contributed by atoms with Gasteiger partial charge in [0.15, 0.2) is 0 Å². The molecule has 0 heterocycles. The summed E-state index contributed by atoms with van der Waals surface area (Å²) in [5.41, 5.74) is 6.99. The van der Waals surface area contributed by atoms with Crippen LogP contribution in [0.3, 0.4) is 0 Å². The minimum absolute atomic E-state index is 0.197. The molecule has 0 aliphatic heterocycles. The number of hydrogen-bond donors (Lipinski definition) is 2. The Balaban J connectivity index is 3.91. The van der Waals surface area contributed by atoms with Gasteiger partial charge in [-0.2, -0.15) is 0 Å². The molecular formula is C6H14N2O2. The number of carbonyl (C=O) groups excluding carboxylic acids is 1. The fourth-order valence-electron chi connectivity index (χ4n) is 0.324. The highest BCUT2D eigenvalue weighted by Gasteiger charge is 2.25. The monoisotopic (exact) mass is 146 g/mol. The summed E-state index contributed by atoms with van der Waals surface area (Å²) in [7, 11) is 1.39. The Labute approximate surface area is 60.7 Å². The zero-order chi connectivity index (χ0) is 8.20. The van der Waals surface area contributed by atoms with Crippen molar-refractivity contribution in [2.45, 2.75) is 13.8 Å². The molecule has 0 aliphatic carbocycles. The molecular weight excluding hydrogens is 132 g/mol. The van der Waals surface area contributed by atoms with E-state index in [-0.39, 0.29) is 5.91 Å². The minimum atomic E-state index is -0.546. The molecule has 60 valence electrons. The summed E-state index contributed by atoms with van der Waals surface area (Å²) < 4.78 is 0. The molecule has 0 unspecified atom stereocenters. The SMILES string of the molecule is CONC(=O)C(C)(C)CN. The summed E-state index contributed by atoms with van der Waals surface area (Å²) in [6.07, 6.45) is 0. The molecule has 0 bridgehead atoms. The van der Waals surface area contributed by atoms with Gasteiger partial charge >= 0.3 is 0 Å². The van der Waals surface area contributed by atoms with Crippen molar-refractivity contribution in [1.82, 2.24) is 5.48 Å². The Morgan fingerprint density at radius 1 is 1.70 bits per heavy atom. The Hall–Kier alpha value is -0.610. The van der Waals surface area contributed by atoms with Crippen LogP contribution in [-0.4, -0.2) is 19.6 Å². The number of nitrogens with one attached hydrogen (secondary N) is 1. The van der Waals surface area contributed by atoms with E-state index >= 15 is 0 Å². The Bertz CT molecular complexity index is 123. The van der Waals surface area contributed by atoms with Gasteiger partial charge in [-0.1, -0.05) is 0 Å². The summed E-state index contributed by atoms with van der Waals surface area (Å²) in [6.45, 7) is 3.81. The minimum Gasteiger partial charge on any atom is -0.329 e. The lowest BCUT2D eigenvalue weighted by atomic mass is 9.93. The van der Waals surface area contributed by atoms with Crippen LogP contribution < -0.4 is 11.2 Å². The van der Waals surface area contributed by atoms with Gasteiger partial charge < -0.3 is 5.73 Å². The average molecular weight is 146 g/mol. The zero-order valence-electron chi connectivity index (χ0n) is 6.60. The van der Waals surface area contributed by atoms with Gasteiger partial charge in [0, 0.05) is 6.54 Å². The fraction of sp³-hybridized carbons (Fsp3) is 0.833. The first-order chi connectivity index (χ1) is 4.54. The van der Waals surface area contributed by atoms with Crippen molar-refractivity contribution in [2.24, 2.45) is 11.1 Å². The molecule has 0 saturated heterocycles. The largest absolute Gasteiger partial charge is 0.329 e. The molecule has 1 amide bonds. The maximum absolute atomic E-state index is 11.0. The Morgan fingerprint density at radius 3 is 2.50 bits per heavy atom. The number of hydrogen-bond acceptors (Lipinski definition) is 3. The van der Waals surface area contributed by atoms with Crippen molar-refractivity contribution in [3.05, 3.63) is 0 Å². The molecule has 0 atom stereocenters. The second kappa shape index (κ2) is 3.53. The van der Waals surface area contributed by atoms with Gasteiger partial charge in [0.1, 0.15) is 0 Å². The van der Waals surface area contributed by atoms with Crippen molar-refractivity contribution in [3.8, 4) is 0 Å². The lowest BCUT2D eigenvalue weighted by Gasteiger charge is -2.19. The number of carbonyl (C=O) groups is 1.